The molecule has 1 nitrogen and oxygen atoms in total. The highest BCUT2D eigenvalue weighted by Gasteiger charge is 2.60. The van der Waals surface area contributed by atoms with Gasteiger partial charge in [0.25, 0.3) is 0 Å². The lowest BCUT2D eigenvalue weighted by Gasteiger charge is -2.27. The molecule has 0 aromatic heterocycles. The summed E-state index contributed by atoms with van der Waals surface area (Å²) in [5, 5.41) is 9.50. The highest BCUT2D eigenvalue weighted by Crippen LogP contribution is 2.46. The summed E-state index contributed by atoms with van der Waals surface area (Å²) in [6.45, 7) is 3.80. The van der Waals surface area contributed by atoms with Crippen LogP contribution in [0.15, 0.2) is 24.3 Å². The summed E-state index contributed by atoms with van der Waals surface area (Å²) < 4.78 is 75.2. The van der Waals surface area contributed by atoms with E-state index in [0.717, 1.165) is 24.1 Å². The van der Waals surface area contributed by atoms with Crippen molar-refractivity contribution in [1.29, 1.82) is 0 Å². The molecule has 1 rings (SSSR count). The zero-order valence-electron chi connectivity index (χ0n) is 11.5. The number of hydrogen-bond acceptors (Lipinski definition) is 1. The first-order valence-corrected chi connectivity index (χ1v) is 6.39. The molecule has 0 aliphatic heterocycles. The van der Waals surface area contributed by atoms with E-state index in [-0.39, 0.29) is 5.92 Å². The molecule has 0 aliphatic carbocycles. The van der Waals surface area contributed by atoms with Gasteiger partial charge in [0.05, 0.1) is 6.10 Å². The lowest BCUT2D eigenvalue weighted by atomic mass is 9.91. The molecule has 7 heteroatoms. The van der Waals surface area contributed by atoms with Crippen LogP contribution >= 0.6 is 0 Å². The zero-order chi connectivity index (χ0) is 16.4. The minimum absolute atomic E-state index is 0.136. The maximum Gasteiger partial charge on any atom is 0.403 e. The average molecular weight is 314 g/mol. The molecule has 0 amide bonds. The molecule has 0 aliphatic rings. The van der Waals surface area contributed by atoms with E-state index in [1.807, 2.05) is 13.8 Å². The average Bonchev–Trinajstić information content (AvgIpc) is 2.34. The minimum atomic E-state index is -5.56. The van der Waals surface area contributed by atoms with Crippen LogP contribution in [-0.4, -0.2) is 17.5 Å². The fraction of sp³-hybridized carbons (Fsp3) is 0.571. The van der Waals surface area contributed by atoms with Gasteiger partial charge in [-0.2, -0.15) is 26.3 Å². The predicted molar refractivity (Wildman–Crippen MR) is 65.7 cm³/mol. The van der Waals surface area contributed by atoms with Gasteiger partial charge in [-0.05, 0) is 23.5 Å². The lowest BCUT2D eigenvalue weighted by molar-refractivity contribution is -0.307. The third kappa shape index (κ3) is 4.36. The molecule has 1 aromatic carbocycles. The molecular formula is C14H16F6O. The fourth-order valence-electron chi connectivity index (χ4n) is 1.99. The smallest absolute Gasteiger partial charge is 0.387 e. The standard InChI is InChI=1S/C14H16F6O/c1-3-8(2)9-4-6-10(7-5-9)11(21)12(13(15,16)17)14(18,19)20/h4-8,11-12,21H,3H2,1-2H3. The molecule has 0 bridgehead atoms. The Labute approximate surface area is 118 Å². The number of aliphatic hydroxyl groups excluding tert-OH is 1. The Morgan fingerprint density at radius 1 is 0.905 bits per heavy atom. The van der Waals surface area contributed by atoms with E-state index in [9.17, 15) is 31.4 Å². The van der Waals surface area contributed by atoms with Crippen molar-refractivity contribution in [1.82, 2.24) is 0 Å². The summed E-state index contributed by atoms with van der Waals surface area (Å²) in [6, 6.07) is 5.10. The van der Waals surface area contributed by atoms with Gasteiger partial charge in [-0.3, -0.25) is 0 Å². The van der Waals surface area contributed by atoms with E-state index in [0.29, 0.717) is 0 Å². The summed E-state index contributed by atoms with van der Waals surface area (Å²) in [5.74, 6) is -3.66. The zero-order valence-corrected chi connectivity index (χ0v) is 11.5. The van der Waals surface area contributed by atoms with Crippen LogP contribution in [0.2, 0.25) is 0 Å². The highest BCUT2D eigenvalue weighted by molar-refractivity contribution is 5.27. The van der Waals surface area contributed by atoms with E-state index in [2.05, 4.69) is 0 Å². The first-order valence-electron chi connectivity index (χ1n) is 6.39. The quantitative estimate of drug-likeness (QED) is 0.778. The molecule has 1 N–H and O–H groups in total. The summed E-state index contributed by atoms with van der Waals surface area (Å²) in [4.78, 5) is 0. The first kappa shape index (κ1) is 17.8. The molecule has 1 aromatic rings. The third-order valence-electron chi connectivity index (χ3n) is 3.48. The van der Waals surface area contributed by atoms with Crippen molar-refractivity contribution in [3.8, 4) is 0 Å². The van der Waals surface area contributed by atoms with E-state index in [1.54, 1.807) is 0 Å². The number of benzene rings is 1. The van der Waals surface area contributed by atoms with Crippen LogP contribution in [-0.2, 0) is 0 Å². The van der Waals surface area contributed by atoms with Crippen LogP contribution in [0.5, 0.6) is 0 Å². The van der Waals surface area contributed by atoms with Crippen molar-refractivity contribution in [2.45, 2.75) is 44.6 Å². The van der Waals surface area contributed by atoms with Crippen molar-refractivity contribution in [2.75, 3.05) is 0 Å². The Balaban J connectivity index is 3.08. The summed E-state index contributed by atoms with van der Waals surface area (Å²) in [6.07, 6.45) is -13.0. The van der Waals surface area contributed by atoms with Crippen molar-refractivity contribution >= 4 is 0 Å². The van der Waals surface area contributed by atoms with Gasteiger partial charge in [-0.1, -0.05) is 38.1 Å². The van der Waals surface area contributed by atoms with Crippen LogP contribution in [0.4, 0.5) is 26.3 Å². The van der Waals surface area contributed by atoms with Crippen molar-refractivity contribution in [2.24, 2.45) is 5.92 Å². The van der Waals surface area contributed by atoms with Gasteiger partial charge in [-0.25, -0.2) is 0 Å². The topological polar surface area (TPSA) is 20.2 Å². The second-order valence-corrected chi connectivity index (χ2v) is 4.98. The van der Waals surface area contributed by atoms with Crippen molar-refractivity contribution in [3.63, 3.8) is 0 Å². The van der Waals surface area contributed by atoms with Crippen LogP contribution in [0.1, 0.15) is 43.4 Å². The van der Waals surface area contributed by atoms with Gasteiger partial charge >= 0.3 is 12.4 Å². The van der Waals surface area contributed by atoms with Gasteiger partial charge in [0.15, 0.2) is 5.92 Å². The second kappa shape index (κ2) is 6.25. The Bertz CT molecular complexity index is 434. The van der Waals surface area contributed by atoms with E-state index in [1.165, 1.54) is 12.1 Å². The molecule has 2 unspecified atom stereocenters. The van der Waals surface area contributed by atoms with Crippen LogP contribution in [0.25, 0.3) is 0 Å². The molecular weight excluding hydrogens is 298 g/mol. The Hall–Kier alpha value is -1.24. The monoisotopic (exact) mass is 314 g/mol. The molecule has 120 valence electrons. The van der Waals surface area contributed by atoms with E-state index < -0.39 is 29.9 Å². The second-order valence-electron chi connectivity index (χ2n) is 4.98. The normalized spacial score (nSPS) is 16.1. The summed E-state index contributed by atoms with van der Waals surface area (Å²) in [5.41, 5.74) is 0.394. The van der Waals surface area contributed by atoms with E-state index >= 15 is 0 Å². The number of aliphatic hydroxyl groups is 1. The summed E-state index contributed by atoms with van der Waals surface area (Å²) in [7, 11) is 0. The first-order chi connectivity index (χ1) is 9.48. The Morgan fingerprint density at radius 2 is 1.29 bits per heavy atom. The summed E-state index contributed by atoms with van der Waals surface area (Å²) >= 11 is 0. The largest absolute Gasteiger partial charge is 0.403 e. The Morgan fingerprint density at radius 3 is 1.62 bits per heavy atom. The van der Waals surface area contributed by atoms with Gasteiger partial charge in [0.1, 0.15) is 0 Å². The van der Waals surface area contributed by atoms with Gasteiger partial charge in [0, 0.05) is 0 Å². The van der Waals surface area contributed by atoms with Crippen molar-refractivity contribution < 1.29 is 31.4 Å². The molecule has 0 saturated heterocycles. The number of halogens is 6. The fourth-order valence-corrected chi connectivity index (χ4v) is 1.99. The molecule has 0 spiro atoms. The van der Waals surface area contributed by atoms with Crippen LogP contribution < -0.4 is 0 Å². The lowest BCUT2D eigenvalue weighted by Crippen LogP contribution is -2.40. The van der Waals surface area contributed by atoms with Gasteiger partial charge < -0.3 is 5.11 Å². The van der Waals surface area contributed by atoms with Crippen molar-refractivity contribution in [3.05, 3.63) is 35.4 Å². The van der Waals surface area contributed by atoms with Gasteiger partial charge in [0.2, 0.25) is 0 Å². The number of rotatable bonds is 4. The molecule has 0 heterocycles. The van der Waals surface area contributed by atoms with E-state index in [4.69, 9.17) is 0 Å². The molecule has 0 fully saturated rings. The Kier molecular flexibility index (Phi) is 5.30. The number of alkyl halides is 6. The molecule has 21 heavy (non-hydrogen) atoms. The predicted octanol–water partition coefficient (Wildman–Crippen LogP) is 4.97. The van der Waals surface area contributed by atoms with Crippen LogP contribution in [0.3, 0.4) is 0 Å². The highest BCUT2D eigenvalue weighted by atomic mass is 19.4. The van der Waals surface area contributed by atoms with Crippen LogP contribution in [0, 0.1) is 5.92 Å². The SMILES string of the molecule is CCC(C)c1ccc(C(O)C(C(F)(F)F)C(F)(F)F)cc1. The van der Waals surface area contributed by atoms with Gasteiger partial charge in [-0.15, -0.1) is 0 Å². The molecule has 0 saturated carbocycles. The third-order valence-corrected chi connectivity index (χ3v) is 3.48. The molecule has 2 atom stereocenters. The molecule has 0 radical (unpaired) electrons. The minimum Gasteiger partial charge on any atom is -0.387 e. The maximum absolute atomic E-state index is 12.5. The maximum atomic E-state index is 12.5. The number of hydrogen-bond donors (Lipinski definition) is 1.